The number of carboxylic acid groups (broad SMARTS) is 1. The lowest BCUT2D eigenvalue weighted by Crippen LogP contribution is -2.41. The molecule has 0 saturated carbocycles. The Morgan fingerprint density at radius 3 is 2.33 bits per heavy atom. The van der Waals surface area contributed by atoms with Crippen LogP contribution in [0.1, 0.15) is 12.0 Å². The Hall–Kier alpha value is -1.92. The maximum Gasteiger partial charge on any atom is 0.323 e. The molecule has 0 aromatic heterocycles. The second kappa shape index (κ2) is 6.73. The van der Waals surface area contributed by atoms with E-state index in [1.807, 2.05) is 30.3 Å². The van der Waals surface area contributed by atoms with Gasteiger partial charge in [0.05, 0.1) is 0 Å². The van der Waals surface area contributed by atoms with Crippen molar-refractivity contribution in [2.45, 2.75) is 25.1 Å². The highest BCUT2D eigenvalue weighted by molar-refractivity contribution is 5.78. The van der Waals surface area contributed by atoms with E-state index in [0.717, 1.165) is 5.56 Å². The van der Waals surface area contributed by atoms with Crippen LogP contribution < -0.4 is 11.5 Å². The Kier molecular flexibility index (Phi) is 5.29. The van der Waals surface area contributed by atoms with Crippen molar-refractivity contribution in [3.05, 3.63) is 35.9 Å². The molecule has 0 spiro atoms. The van der Waals surface area contributed by atoms with Crippen molar-refractivity contribution in [3.8, 4) is 0 Å². The van der Waals surface area contributed by atoms with Gasteiger partial charge >= 0.3 is 11.9 Å². The number of rotatable bonds is 6. The zero-order valence-electron chi connectivity index (χ0n) is 9.78. The second-order valence-electron chi connectivity index (χ2n) is 3.88. The summed E-state index contributed by atoms with van der Waals surface area (Å²) in [5, 5.41) is 8.59. The van der Waals surface area contributed by atoms with Gasteiger partial charge in [0, 0.05) is 0 Å². The topological polar surface area (TPSA) is 116 Å². The molecule has 0 aliphatic heterocycles. The van der Waals surface area contributed by atoms with Gasteiger partial charge < -0.3 is 21.3 Å². The molecule has 0 fully saturated rings. The number of carboxylic acids is 1. The zero-order chi connectivity index (χ0) is 13.5. The van der Waals surface area contributed by atoms with E-state index in [9.17, 15) is 9.59 Å². The molecular weight excluding hydrogens is 236 g/mol. The molecule has 0 radical (unpaired) electrons. The van der Waals surface area contributed by atoms with E-state index in [4.69, 9.17) is 21.3 Å². The lowest BCUT2D eigenvalue weighted by Gasteiger charge is -2.13. The summed E-state index contributed by atoms with van der Waals surface area (Å²) in [5.74, 6) is -1.85. The van der Waals surface area contributed by atoms with Crippen LogP contribution in [0.25, 0.3) is 0 Å². The van der Waals surface area contributed by atoms with E-state index in [1.165, 1.54) is 0 Å². The van der Waals surface area contributed by atoms with Crippen LogP contribution >= 0.6 is 0 Å². The molecule has 0 heterocycles. The van der Waals surface area contributed by atoms with Gasteiger partial charge in [-0.3, -0.25) is 9.59 Å². The van der Waals surface area contributed by atoms with Crippen LogP contribution in [-0.2, 0) is 20.9 Å². The zero-order valence-corrected chi connectivity index (χ0v) is 9.78. The molecule has 0 bridgehead atoms. The van der Waals surface area contributed by atoms with Gasteiger partial charge in [-0.15, -0.1) is 0 Å². The minimum Gasteiger partial charge on any atom is -0.480 e. The number of benzene rings is 1. The molecule has 0 saturated heterocycles. The van der Waals surface area contributed by atoms with Crippen molar-refractivity contribution in [2.24, 2.45) is 11.5 Å². The Bertz CT molecular complexity index is 408. The van der Waals surface area contributed by atoms with Crippen LogP contribution in [0, 0.1) is 0 Å². The molecule has 0 unspecified atom stereocenters. The van der Waals surface area contributed by atoms with Crippen molar-refractivity contribution < 1.29 is 19.4 Å². The van der Waals surface area contributed by atoms with Gasteiger partial charge in [0.1, 0.15) is 18.7 Å². The average Bonchev–Trinajstić information content (AvgIpc) is 2.36. The van der Waals surface area contributed by atoms with Crippen molar-refractivity contribution in [1.29, 1.82) is 0 Å². The second-order valence-corrected chi connectivity index (χ2v) is 3.88. The van der Waals surface area contributed by atoms with E-state index < -0.39 is 24.0 Å². The molecule has 1 aromatic rings. The minimum absolute atomic E-state index is 0.107. The Balaban J connectivity index is 2.39. The Labute approximate surface area is 105 Å². The first kappa shape index (κ1) is 14.1. The number of ether oxygens (including phenoxy) is 1. The van der Waals surface area contributed by atoms with E-state index in [0.29, 0.717) is 0 Å². The normalized spacial score (nSPS) is 13.7. The monoisotopic (exact) mass is 252 g/mol. The third kappa shape index (κ3) is 4.52. The highest BCUT2D eigenvalue weighted by atomic mass is 16.5. The molecule has 98 valence electrons. The van der Waals surface area contributed by atoms with E-state index in [2.05, 4.69) is 0 Å². The molecule has 6 nitrogen and oxygen atoms in total. The summed E-state index contributed by atoms with van der Waals surface area (Å²) in [6.45, 7) is 0.107. The molecule has 18 heavy (non-hydrogen) atoms. The van der Waals surface area contributed by atoms with E-state index in [1.54, 1.807) is 0 Å². The van der Waals surface area contributed by atoms with Crippen LogP contribution in [0.4, 0.5) is 0 Å². The fourth-order valence-electron chi connectivity index (χ4n) is 1.31. The first-order chi connectivity index (χ1) is 8.50. The van der Waals surface area contributed by atoms with Crippen molar-refractivity contribution in [1.82, 2.24) is 0 Å². The number of nitrogens with two attached hydrogens (primary N) is 2. The van der Waals surface area contributed by atoms with Crippen LogP contribution in [0.2, 0.25) is 0 Å². The Morgan fingerprint density at radius 1 is 1.17 bits per heavy atom. The van der Waals surface area contributed by atoms with Gasteiger partial charge in [0.15, 0.2) is 0 Å². The van der Waals surface area contributed by atoms with Gasteiger partial charge in [0.25, 0.3) is 0 Å². The molecule has 0 aliphatic rings. The molecule has 1 rings (SSSR count). The van der Waals surface area contributed by atoms with Crippen molar-refractivity contribution in [2.75, 3.05) is 0 Å². The van der Waals surface area contributed by atoms with Crippen molar-refractivity contribution in [3.63, 3.8) is 0 Å². The maximum absolute atomic E-state index is 11.5. The smallest absolute Gasteiger partial charge is 0.323 e. The lowest BCUT2D eigenvalue weighted by atomic mass is 10.1. The molecule has 6 heteroatoms. The van der Waals surface area contributed by atoms with E-state index >= 15 is 0 Å². The Morgan fingerprint density at radius 2 is 1.78 bits per heavy atom. The van der Waals surface area contributed by atoms with Gasteiger partial charge in [-0.25, -0.2) is 0 Å². The summed E-state index contributed by atoms with van der Waals surface area (Å²) in [5.41, 5.74) is 11.6. The predicted molar refractivity (Wildman–Crippen MR) is 64.4 cm³/mol. The van der Waals surface area contributed by atoms with E-state index in [-0.39, 0.29) is 13.0 Å². The average molecular weight is 252 g/mol. The van der Waals surface area contributed by atoms with Gasteiger partial charge in [0.2, 0.25) is 0 Å². The minimum atomic E-state index is -1.19. The summed E-state index contributed by atoms with van der Waals surface area (Å²) < 4.78 is 4.96. The van der Waals surface area contributed by atoms with Gasteiger partial charge in [-0.2, -0.15) is 0 Å². The SMILES string of the molecule is N[C@@H](C[C@H](N)C(=O)OCc1ccccc1)C(=O)O. The first-order valence-electron chi connectivity index (χ1n) is 5.45. The largest absolute Gasteiger partial charge is 0.480 e. The highest BCUT2D eigenvalue weighted by Gasteiger charge is 2.22. The molecule has 1 aromatic carbocycles. The quantitative estimate of drug-likeness (QED) is 0.607. The molecule has 2 atom stereocenters. The van der Waals surface area contributed by atoms with Crippen LogP contribution in [0.3, 0.4) is 0 Å². The fraction of sp³-hybridized carbons (Fsp3) is 0.333. The molecular formula is C12H16N2O4. The summed E-state index contributed by atoms with van der Waals surface area (Å²) in [7, 11) is 0. The first-order valence-corrected chi connectivity index (χ1v) is 5.45. The predicted octanol–water partition coefficient (Wildman–Crippen LogP) is -0.141. The molecule has 5 N–H and O–H groups in total. The lowest BCUT2D eigenvalue weighted by molar-refractivity contribution is -0.147. The van der Waals surface area contributed by atoms with Crippen LogP contribution in [0.5, 0.6) is 0 Å². The van der Waals surface area contributed by atoms with Crippen molar-refractivity contribution >= 4 is 11.9 Å². The van der Waals surface area contributed by atoms with Gasteiger partial charge in [-0.1, -0.05) is 30.3 Å². The van der Waals surface area contributed by atoms with Gasteiger partial charge in [-0.05, 0) is 12.0 Å². The number of hydrogen-bond donors (Lipinski definition) is 3. The third-order valence-corrected chi connectivity index (χ3v) is 2.35. The maximum atomic E-state index is 11.5. The van der Waals surface area contributed by atoms with Crippen LogP contribution in [0.15, 0.2) is 30.3 Å². The number of hydrogen-bond acceptors (Lipinski definition) is 5. The summed E-state index contributed by atoms with van der Waals surface area (Å²) in [4.78, 5) is 22.0. The number of aliphatic carboxylic acids is 1. The molecule has 0 aliphatic carbocycles. The number of carbonyl (C=O) groups excluding carboxylic acids is 1. The molecule has 0 amide bonds. The standard InChI is InChI=1S/C12H16N2O4/c13-9(11(15)16)6-10(14)12(17)18-7-8-4-2-1-3-5-8/h1-5,9-10H,6-7,13-14H2,(H,15,16)/t9-,10-/m0/s1. The fourth-order valence-corrected chi connectivity index (χ4v) is 1.31. The number of esters is 1. The summed E-state index contributed by atoms with van der Waals surface area (Å²) in [6.07, 6.45) is -0.150. The number of carbonyl (C=O) groups is 2. The summed E-state index contributed by atoms with van der Waals surface area (Å²) >= 11 is 0. The summed E-state index contributed by atoms with van der Waals surface area (Å²) in [6, 6.07) is 6.92. The third-order valence-electron chi connectivity index (χ3n) is 2.35. The van der Waals surface area contributed by atoms with Crippen LogP contribution in [-0.4, -0.2) is 29.1 Å². The highest BCUT2D eigenvalue weighted by Crippen LogP contribution is 2.03.